The third kappa shape index (κ3) is 5.20. The van der Waals surface area contributed by atoms with Crippen LogP contribution in [0.3, 0.4) is 0 Å². The van der Waals surface area contributed by atoms with Crippen molar-refractivity contribution in [3.63, 3.8) is 0 Å². The van der Waals surface area contributed by atoms with Crippen LogP contribution in [0, 0.1) is 11.7 Å². The molecule has 0 saturated carbocycles. The summed E-state index contributed by atoms with van der Waals surface area (Å²) in [6, 6.07) is 11.6. The molecule has 0 radical (unpaired) electrons. The molecule has 6 nitrogen and oxygen atoms in total. The molecule has 0 spiro atoms. The maximum Gasteiger partial charge on any atom is 0.255 e. The van der Waals surface area contributed by atoms with E-state index < -0.39 is 5.82 Å². The first-order valence-electron chi connectivity index (χ1n) is 10.4. The fourth-order valence-corrected chi connectivity index (χ4v) is 4.39. The third-order valence-electron chi connectivity index (χ3n) is 5.83. The monoisotopic (exact) mass is 489 g/mol. The molecule has 1 amide bonds. The minimum absolute atomic E-state index is 0.0506. The maximum absolute atomic E-state index is 13.2. The number of hydrogen-bond donors (Lipinski definition) is 0. The molecule has 0 N–H and O–H groups in total. The number of nitrogens with zero attached hydrogens (tertiary/aromatic N) is 3. The SMILES string of the molecule is COc1ccc(C(=O)N2C[C@@H]([C@H](C)Oc3ccc(F)cn3)[C@H](c3ccc(Cl)c(Cl)c3)C2)cn1. The van der Waals surface area contributed by atoms with Gasteiger partial charge in [0, 0.05) is 43.3 Å². The number of benzene rings is 1. The predicted octanol–water partition coefficient (Wildman–Crippen LogP) is 5.25. The zero-order valence-corrected chi connectivity index (χ0v) is 19.6. The van der Waals surface area contributed by atoms with Gasteiger partial charge in [0.2, 0.25) is 11.8 Å². The summed E-state index contributed by atoms with van der Waals surface area (Å²) in [5, 5.41) is 0.915. The summed E-state index contributed by atoms with van der Waals surface area (Å²) in [6.45, 7) is 2.85. The molecule has 3 aromatic rings. The molecule has 1 aliphatic heterocycles. The largest absolute Gasteiger partial charge is 0.481 e. The van der Waals surface area contributed by atoms with E-state index in [1.54, 1.807) is 23.1 Å². The van der Waals surface area contributed by atoms with Crippen molar-refractivity contribution in [3.8, 4) is 11.8 Å². The van der Waals surface area contributed by atoms with Gasteiger partial charge in [-0.2, -0.15) is 0 Å². The van der Waals surface area contributed by atoms with Gasteiger partial charge in [0.15, 0.2) is 0 Å². The van der Waals surface area contributed by atoms with Crippen LogP contribution in [0.5, 0.6) is 11.8 Å². The molecule has 1 aliphatic rings. The van der Waals surface area contributed by atoms with E-state index in [1.165, 1.54) is 25.4 Å². The first kappa shape index (κ1) is 23.3. The summed E-state index contributed by atoms with van der Waals surface area (Å²) >= 11 is 12.4. The Labute approximate surface area is 201 Å². The molecule has 2 aromatic heterocycles. The molecule has 4 rings (SSSR count). The van der Waals surface area contributed by atoms with Crippen LogP contribution in [0.15, 0.2) is 54.9 Å². The van der Waals surface area contributed by atoms with Crippen molar-refractivity contribution >= 4 is 29.1 Å². The van der Waals surface area contributed by atoms with Crippen LogP contribution in [0.25, 0.3) is 0 Å². The summed E-state index contributed by atoms with van der Waals surface area (Å²) < 4.78 is 24.3. The maximum atomic E-state index is 13.2. The number of ether oxygens (including phenoxy) is 2. The van der Waals surface area contributed by atoms with Gasteiger partial charge < -0.3 is 14.4 Å². The molecule has 0 bridgehead atoms. The Kier molecular flexibility index (Phi) is 7.00. The van der Waals surface area contributed by atoms with Crippen LogP contribution in [-0.2, 0) is 0 Å². The molecule has 1 fully saturated rings. The van der Waals surface area contributed by atoms with E-state index in [0.717, 1.165) is 11.8 Å². The zero-order chi connectivity index (χ0) is 23.5. The number of carbonyl (C=O) groups is 1. The first-order chi connectivity index (χ1) is 15.9. The molecular weight excluding hydrogens is 468 g/mol. The number of likely N-dealkylation sites (tertiary alicyclic amines) is 1. The Morgan fingerprint density at radius 1 is 1.06 bits per heavy atom. The van der Waals surface area contributed by atoms with E-state index in [-0.39, 0.29) is 23.8 Å². The second-order valence-electron chi connectivity index (χ2n) is 7.88. The molecule has 1 saturated heterocycles. The summed E-state index contributed by atoms with van der Waals surface area (Å²) in [7, 11) is 1.52. The molecule has 3 heterocycles. The third-order valence-corrected chi connectivity index (χ3v) is 6.57. The lowest BCUT2D eigenvalue weighted by Gasteiger charge is -2.25. The number of hydrogen-bond acceptors (Lipinski definition) is 5. The summed E-state index contributed by atoms with van der Waals surface area (Å²) in [5.41, 5.74) is 1.43. The lowest BCUT2D eigenvalue weighted by atomic mass is 9.86. The lowest BCUT2D eigenvalue weighted by molar-refractivity contribution is 0.0769. The Morgan fingerprint density at radius 3 is 2.45 bits per heavy atom. The number of methoxy groups -OCH3 is 1. The van der Waals surface area contributed by atoms with E-state index in [1.807, 2.05) is 19.1 Å². The molecule has 3 atom stereocenters. The van der Waals surface area contributed by atoms with Gasteiger partial charge in [-0.15, -0.1) is 0 Å². The predicted molar refractivity (Wildman–Crippen MR) is 124 cm³/mol. The van der Waals surface area contributed by atoms with E-state index in [4.69, 9.17) is 32.7 Å². The van der Waals surface area contributed by atoms with Crippen molar-refractivity contribution in [1.29, 1.82) is 0 Å². The molecular formula is C24H22Cl2FN3O3. The van der Waals surface area contributed by atoms with Gasteiger partial charge in [0.1, 0.15) is 11.9 Å². The fraction of sp³-hybridized carbons (Fsp3) is 0.292. The standard InChI is InChI=1S/C24H22Cl2FN3O3/c1-14(33-23-8-5-17(27)11-29-23)18-12-30(24(31)16-4-7-22(32-2)28-10-16)13-19(18)15-3-6-20(25)21(26)9-15/h3-11,14,18-19H,12-13H2,1-2H3/t14-,18-,19-/m0/s1. The van der Waals surface area contributed by atoms with Gasteiger partial charge in [0.25, 0.3) is 5.91 Å². The molecule has 9 heteroatoms. The number of halogens is 3. The molecule has 1 aromatic carbocycles. The van der Waals surface area contributed by atoms with Gasteiger partial charge in [-0.1, -0.05) is 29.3 Å². The van der Waals surface area contributed by atoms with Crippen molar-refractivity contribution < 1.29 is 18.7 Å². The quantitative estimate of drug-likeness (QED) is 0.472. The first-order valence-corrected chi connectivity index (χ1v) is 11.1. The van der Waals surface area contributed by atoms with Crippen molar-refractivity contribution in [1.82, 2.24) is 14.9 Å². The van der Waals surface area contributed by atoms with E-state index in [2.05, 4.69) is 9.97 Å². The second kappa shape index (κ2) is 9.93. The Morgan fingerprint density at radius 2 is 1.82 bits per heavy atom. The fourth-order valence-electron chi connectivity index (χ4n) is 4.09. The van der Waals surface area contributed by atoms with Crippen molar-refractivity contribution in [2.45, 2.75) is 18.9 Å². The minimum atomic E-state index is -0.436. The summed E-state index contributed by atoms with van der Waals surface area (Å²) in [4.78, 5) is 23.1. The summed E-state index contributed by atoms with van der Waals surface area (Å²) in [6.07, 6.45) is 2.30. The van der Waals surface area contributed by atoms with Crippen molar-refractivity contribution in [2.24, 2.45) is 5.92 Å². The number of aromatic nitrogens is 2. The highest BCUT2D eigenvalue weighted by molar-refractivity contribution is 6.42. The number of pyridine rings is 2. The highest BCUT2D eigenvalue weighted by Crippen LogP contribution is 2.38. The van der Waals surface area contributed by atoms with E-state index in [0.29, 0.717) is 40.5 Å². The van der Waals surface area contributed by atoms with Crippen LogP contribution in [0.4, 0.5) is 4.39 Å². The Balaban J connectivity index is 1.60. The highest BCUT2D eigenvalue weighted by atomic mass is 35.5. The molecule has 0 aliphatic carbocycles. The molecule has 33 heavy (non-hydrogen) atoms. The normalized spacial score (nSPS) is 18.8. The smallest absolute Gasteiger partial charge is 0.255 e. The van der Waals surface area contributed by atoms with Crippen LogP contribution in [0.1, 0.15) is 28.8 Å². The van der Waals surface area contributed by atoms with Crippen molar-refractivity contribution in [2.75, 3.05) is 20.2 Å². The van der Waals surface area contributed by atoms with E-state index >= 15 is 0 Å². The second-order valence-corrected chi connectivity index (χ2v) is 8.70. The van der Waals surface area contributed by atoms with Gasteiger partial charge in [-0.3, -0.25) is 4.79 Å². The highest BCUT2D eigenvalue weighted by Gasteiger charge is 2.40. The average Bonchev–Trinajstić information content (AvgIpc) is 3.27. The van der Waals surface area contributed by atoms with Gasteiger partial charge in [-0.05, 0) is 36.8 Å². The summed E-state index contributed by atoms with van der Waals surface area (Å²) in [5.74, 6) is 0.0724. The number of rotatable bonds is 6. The van der Waals surface area contributed by atoms with Crippen LogP contribution >= 0.6 is 23.2 Å². The van der Waals surface area contributed by atoms with Crippen LogP contribution in [0.2, 0.25) is 10.0 Å². The minimum Gasteiger partial charge on any atom is -0.481 e. The van der Waals surface area contributed by atoms with Gasteiger partial charge >= 0.3 is 0 Å². The topological polar surface area (TPSA) is 64.5 Å². The van der Waals surface area contributed by atoms with Crippen molar-refractivity contribution in [3.05, 3.63) is 81.8 Å². The van der Waals surface area contributed by atoms with Gasteiger partial charge in [-0.25, -0.2) is 14.4 Å². The number of carbonyl (C=O) groups excluding carboxylic acids is 1. The molecule has 172 valence electrons. The Hall–Kier alpha value is -2.90. The number of amides is 1. The molecule has 0 unspecified atom stereocenters. The van der Waals surface area contributed by atoms with Gasteiger partial charge in [0.05, 0.1) is 28.9 Å². The zero-order valence-electron chi connectivity index (χ0n) is 18.0. The Bertz CT molecular complexity index is 1130. The average molecular weight is 490 g/mol. The van der Waals surface area contributed by atoms with Crippen LogP contribution < -0.4 is 9.47 Å². The van der Waals surface area contributed by atoms with Crippen LogP contribution in [-0.4, -0.2) is 47.1 Å². The lowest BCUT2D eigenvalue weighted by Crippen LogP contribution is -2.32. The van der Waals surface area contributed by atoms with E-state index in [9.17, 15) is 9.18 Å².